The number of pyridine rings is 1. The van der Waals surface area contributed by atoms with Crippen molar-refractivity contribution in [1.29, 1.82) is 0 Å². The minimum atomic E-state index is -0.0658. The molecule has 0 aromatic carbocycles. The van der Waals surface area contributed by atoms with E-state index in [1.165, 1.54) is 0 Å². The Balaban J connectivity index is 2.16. The van der Waals surface area contributed by atoms with Gasteiger partial charge in [-0.15, -0.1) is 0 Å². The van der Waals surface area contributed by atoms with Crippen LogP contribution in [0.5, 0.6) is 0 Å². The molecule has 1 aromatic heterocycles. The van der Waals surface area contributed by atoms with Gasteiger partial charge in [0.05, 0.1) is 18.8 Å². The Hall–Kier alpha value is -1.62. The largest absolute Gasteiger partial charge is 0.383 e. The number of nitrogens with two attached hydrogens (primary N) is 1. The van der Waals surface area contributed by atoms with Gasteiger partial charge >= 0.3 is 0 Å². The minimum Gasteiger partial charge on any atom is -0.383 e. The van der Waals surface area contributed by atoms with E-state index >= 15 is 0 Å². The molecule has 0 spiro atoms. The van der Waals surface area contributed by atoms with E-state index in [-0.39, 0.29) is 11.7 Å². The van der Waals surface area contributed by atoms with Gasteiger partial charge in [-0.3, -0.25) is 4.79 Å². The summed E-state index contributed by atoms with van der Waals surface area (Å²) in [5, 5.41) is 0. The molecule has 1 aromatic rings. The molecule has 1 aliphatic rings. The van der Waals surface area contributed by atoms with Gasteiger partial charge in [0.25, 0.3) is 5.91 Å². The fourth-order valence-electron chi connectivity index (χ4n) is 1.54. The van der Waals surface area contributed by atoms with Crippen LogP contribution in [0.3, 0.4) is 0 Å². The van der Waals surface area contributed by atoms with Gasteiger partial charge in [-0.05, 0) is 12.1 Å². The van der Waals surface area contributed by atoms with Gasteiger partial charge in [-0.25, -0.2) is 4.98 Å². The van der Waals surface area contributed by atoms with E-state index in [9.17, 15) is 4.79 Å². The van der Waals surface area contributed by atoms with Crippen molar-refractivity contribution in [1.82, 2.24) is 9.88 Å². The van der Waals surface area contributed by atoms with Crippen molar-refractivity contribution in [2.24, 2.45) is 0 Å². The van der Waals surface area contributed by atoms with Crippen LogP contribution in [0.4, 0.5) is 5.82 Å². The summed E-state index contributed by atoms with van der Waals surface area (Å²) in [5.74, 6) is 0.220. The summed E-state index contributed by atoms with van der Waals surface area (Å²) < 4.78 is 5.18. The van der Waals surface area contributed by atoms with E-state index in [1.807, 2.05) is 0 Å². The molecule has 2 N–H and O–H groups in total. The fraction of sp³-hybridized carbons (Fsp3) is 0.400. The summed E-state index contributed by atoms with van der Waals surface area (Å²) in [4.78, 5) is 17.6. The summed E-state index contributed by atoms with van der Waals surface area (Å²) in [7, 11) is 0. The number of nitrogen functional groups attached to an aromatic ring is 1. The lowest BCUT2D eigenvalue weighted by Gasteiger charge is -2.27. The molecule has 0 radical (unpaired) electrons. The third-order valence-electron chi connectivity index (χ3n) is 2.37. The summed E-state index contributed by atoms with van der Waals surface area (Å²) in [5.41, 5.74) is 6.11. The van der Waals surface area contributed by atoms with Gasteiger partial charge in [0, 0.05) is 19.3 Å². The maximum absolute atomic E-state index is 12.0. The van der Waals surface area contributed by atoms with Crippen molar-refractivity contribution in [3.8, 4) is 0 Å². The van der Waals surface area contributed by atoms with Crippen LogP contribution in [-0.4, -0.2) is 42.1 Å². The molecule has 0 aliphatic carbocycles. The molecule has 5 heteroatoms. The van der Waals surface area contributed by atoms with E-state index in [2.05, 4.69) is 4.98 Å². The normalized spacial score (nSPS) is 16.4. The first-order valence-corrected chi connectivity index (χ1v) is 4.86. The highest BCUT2D eigenvalue weighted by molar-refractivity contribution is 5.98. The van der Waals surface area contributed by atoms with Crippen LogP contribution >= 0.6 is 0 Å². The van der Waals surface area contributed by atoms with Crippen LogP contribution in [0.25, 0.3) is 0 Å². The number of anilines is 1. The lowest BCUT2D eigenvalue weighted by molar-refractivity contribution is 0.0303. The van der Waals surface area contributed by atoms with E-state index in [4.69, 9.17) is 10.5 Å². The predicted octanol–water partition coefficient (Wildman–Crippen LogP) is 0.136. The average molecular weight is 207 g/mol. The Labute approximate surface area is 87.8 Å². The van der Waals surface area contributed by atoms with Crippen molar-refractivity contribution in [2.75, 3.05) is 32.0 Å². The van der Waals surface area contributed by atoms with Gasteiger partial charge in [-0.1, -0.05) is 0 Å². The second-order valence-electron chi connectivity index (χ2n) is 3.34. The van der Waals surface area contributed by atoms with Gasteiger partial charge < -0.3 is 15.4 Å². The Morgan fingerprint density at radius 2 is 2.20 bits per heavy atom. The van der Waals surface area contributed by atoms with Crippen LogP contribution in [0, 0.1) is 0 Å². The lowest BCUT2D eigenvalue weighted by Crippen LogP contribution is -2.41. The van der Waals surface area contributed by atoms with E-state index in [1.54, 1.807) is 23.2 Å². The van der Waals surface area contributed by atoms with E-state index in [0.717, 1.165) is 0 Å². The summed E-state index contributed by atoms with van der Waals surface area (Å²) in [6.07, 6.45) is 1.57. The minimum absolute atomic E-state index is 0.0658. The van der Waals surface area contributed by atoms with Gasteiger partial charge in [0.2, 0.25) is 0 Å². The molecular formula is C10H13N3O2. The highest BCUT2D eigenvalue weighted by atomic mass is 16.5. The molecule has 1 fully saturated rings. The number of nitrogens with zero attached hydrogens (tertiary/aromatic N) is 2. The Bertz CT molecular complexity index is 361. The summed E-state index contributed by atoms with van der Waals surface area (Å²) in [6.45, 7) is 2.41. The monoisotopic (exact) mass is 207 g/mol. The van der Waals surface area contributed by atoms with E-state index in [0.29, 0.717) is 31.9 Å². The van der Waals surface area contributed by atoms with Gasteiger partial charge in [0.1, 0.15) is 5.82 Å². The molecule has 2 rings (SSSR count). The van der Waals surface area contributed by atoms with Crippen LogP contribution in [0.1, 0.15) is 10.4 Å². The highest BCUT2D eigenvalue weighted by Crippen LogP contribution is 2.11. The molecule has 0 saturated carbocycles. The van der Waals surface area contributed by atoms with Crippen LogP contribution < -0.4 is 5.73 Å². The second-order valence-corrected chi connectivity index (χ2v) is 3.34. The second kappa shape index (κ2) is 4.27. The zero-order chi connectivity index (χ0) is 10.7. The molecule has 0 atom stereocenters. The average Bonchev–Trinajstić information content (AvgIpc) is 2.30. The molecule has 15 heavy (non-hydrogen) atoms. The SMILES string of the molecule is Nc1ncccc1C(=O)N1CCOCC1. The standard InChI is InChI=1S/C10H13N3O2/c11-9-8(2-1-3-12-9)10(14)13-4-6-15-7-5-13/h1-3H,4-7H2,(H2,11,12). The first-order valence-electron chi connectivity index (χ1n) is 4.86. The third-order valence-corrected chi connectivity index (χ3v) is 2.37. The highest BCUT2D eigenvalue weighted by Gasteiger charge is 2.20. The van der Waals surface area contributed by atoms with Crippen LogP contribution in [0.2, 0.25) is 0 Å². The summed E-state index contributed by atoms with van der Waals surface area (Å²) in [6, 6.07) is 3.41. The number of amides is 1. The number of carbonyl (C=O) groups excluding carboxylic acids is 1. The molecule has 1 amide bonds. The molecule has 5 nitrogen and oxygen atoms in total. The topological polar surface area (TPSA) is 68.5 Å². The summed E-state index contributed by atoms with van der Waals surface area (Å²) >= 11 is 0. The van der Waals surface area contributed by atoms with Crippen molar-refractivity contribution in [2.45, 2.75) is 0 Å². The number of morpholine rings is 1. The Kier molecular flexibility index (Phi) is 2.82. The smallest absolute Gasteiger partial charge is 0.257 e. The maximum Gasteiger partial charge on any atom is 0.257 e. The van der Waals surface area contributed by atoms with E-state index < -0.39 is 0 Å². The number of carbonyl (C=O) groups is 1. The fourth-order valence-corrected chi connectivity index (χ4v) is 1.54. The maximum atomic E-state index is 12.0. The first kappa shape index (κ1) is 9.92. The number of hydrogen-bond donors (Lipinski definition) is 1. The molecule has 80 valence electrons. The molecule has 1 saturated heterocycles. The number of ether oxygens (including phenoxy) is 1. The van der Waals surface area contributed by atoms with Gasteiger partial charge in [-0.2, -0.15) is 0 Å². The first-order chi connectivity index (χ1) is 7.29. The van der Waals surface area contributed by atoms with Crippen molar-refractivity contribution >= 4 is 11.7 Å². The zero-order valence-electron chi connectivity index (χ0n) is 8.35. The Morgan fingerprint density at radius 1 is 1.47 bits per heavy atom. The molecule has 2 heterocycles. The molecular weight excluding hydrogens is 194 g/mol. The Morgan fingerprint density at radius 3 is 2.87 bits per heavy atom. The lowest BCUT2D eigenvalue weighted by atomic mass is 10.2. The quantitative estimate of drug-likeness (QED) is 0.711. The van der Waals surface area contributed by atoms with Crippen LogP contribution in [-0.2, 0) is 4.74 Å². The molecule has 0 bridgehead atoms. The number of rotatable bonds is 1. The molecule has 0 unspecified atom stereocenters. The van der Waals surface area contributed by atoms with Crippen molar-refractivity contribution in [3.05, 3.63) is 23.9 Å². The van der Waals surface area contributed by atoms with Crippen LogP contribution in [0.15, 0.2) is 18.3 Å². The third kappa shape index (κ3) is 2.07. The number of hydrogen-bond acceptors (Lipinski definition) is 4. The predicted molar refractivity (Wildman–Crippen MR) is 55.4 cm³/mol. The molecule has 1 aliphatic heterocycles. The van der Waals surface area contributed by atoms with Gasteiger partial charge in [0.15, 0.2) is 0 Å². The van der Waals surface area contributed by atoms with Crippen molar-refractivity contribution < 1.29 is 9.53 Å². The van der Waals surface area contributed by atoms with Crippen molar-refractivity contribution in [3.63, 3.8) is 0 Å². The zero-order valence-corrected chi connectivity index (χ0v) is 8.35. The number of aromatic nitrogens is 1.